The highest BCUT2D eigenvalue weighted by molar-refractivity contribution is 7.96. The number of nitrogens with one attached hydrogen (secondary N) is 1. The van der Waals surface area contributed by atoms with Crippen LogP contribution < -0.4 is 11.1 Å². The summed E-state index contributed by atoms with van der Waals surface area (Å²) in [7, 11) is 5.63. The summed E-state index contributed by atoms with van der Waals surface area (Å²) in [6.07, 6.45) is 0. The van der Waals surface area contributed by atoms with Gasteiger partial charge in [0.15, 0.2) is 0 Å². The number of rotatable bonds is 1. The molecule has 7 heteroatoms. The standard InChI is InChI=1S/C4H11N.C2H5NOS.CH3NOS/c1-4-5(2)3;1-3-2(4)5;2-1(3)4/h4H2,1-3H3;1H3,(H2,3,4,5);(H3,2,3,4). The first-order valence-electron chi connectivity index (χ1n) is 3.81. The second kappa shape index (κ2) is 15.1. The number of primary amides is 1. The van der Waals surface area contributed by atoms with Gasteiger partial charge in [0.2, 0.25) is 0 Å². The summed E-state index contributed by atoms with van der Waals surface area (Å²) in [6, 6.07) is 0. The van der Waals surface area contributed by atoms with E-state index in [9.17, 15) is 4.79 Å². The lowest BCUT2D eigenvalue weighted by atomic mass is 10.7. The van der Waals surface area contributed by atoms with Crippen LogP contribution in [0.1, 0.15) is 6.92 Å². The molecule has 0 aliphatic carbocycles. The maximum atomic E-state index is 9.57. The van der Waals surface area contributed by atoms with Gasteiger partial charge in [-0.2, -0.15) is 0 Å². The molecule has 0 spiro atoms. The zero-order valence-corrected chi connectivity index (χ0v) is 10.7. The Bertz CT molecular complexity index is 150. The van der Waals surface area contributed by atoms with E-state index in [2.05, 4.69) is 62.2 Å². The molecule has 0 bridgehead atoms. The van der Waals surface area contributed by atoms with E-state index in [1.807, 2.05) is 0 Å². The van der Waals surface area contributed by atoms with Crippen molar-refractivity contribution in [3.05, 3.63) is 0 Å². The highest BCUT2D eigenvalue weighted by Crippen LogP contribution is 1.67. The highest BCUT2D eigenvalue weighted by atomic mass is 32.1. The average Bonchev–Trinajstić information content (AvgIpc) is 2.04. The molecule has 0 fully saturated rings. The van der Waals surface area contributed by atoms with Gasteiger partial charge in [-0.25, -0.2) is 0 Å². The molecular weight excluding hydrogens is 222 g/mol. The van der Waals surface area contributed by atoms with E-state index >= 15 is 0 Å². The van der Waals surface area contributed by atoms with E-state index in [4.69, 9.17) is 4.79 Å². The Kier molecular flexibility index (Phi) is 20.7. The van der Waals surface area contributed by atoms with Crippen LogP contribution in [0.2, 0.25) is 0 Å². The Morgan fingerprint density at radius 3 is 1.50 bits per heavy atom. The van der Waals surface area contributed by atoms with Gasteiger partial charge in [-0.3, -0.25) is 9.59 Å². The van der Waals surface area contributed by atoms with Crippen LogP contribution in [0, 0.1) is 0 Å². The van der Waals surface area contributed by atoms with Crippen LogP contribution in [0.4, 0.5) is 9.59 Å². The molecular formula is C7H19N3O2S2. The first kappa shape index (κ1) is 19.2. The molecule has 0 aromatic rings. The third-order valence-electron chi connectivity index (χ3n) is 0.846. The van der Waals surface area contributed by atoms with Crippen LogP contribution in [0.25, 0.3) is 0 Å². The summed E-state index contributed by atoms with van der Waals surface area (Å²) in [4.78, 5) is 20.8. The Balaban J connectivity index is -0.000000131. The molecule has 0 aromatic carbocycles. The van der Waals surface area contributed by atoms with Crippen molar-refractivity contribution in [1.82, 2.24) is 10.2 Å². The number of hydrogen-bond acceptors (Lipinski definition) is 3. The SMILES string of the molecule is CCN(C)C.CNC(=O)S.NC(=O)S. The van der Waals surface area contributed by atoms with Crippen LogP contribution in [-0.4, -0.2) is 43.1 Å². The molecule has 0 aromatic heterocycles. The van der Waals surface area contributed by atoms with E-state index < -0.39 is 5.24 Å². The third kappa shape index (κ3) is 101. The van der Waals surface area contributed by atoms with Gasteiger partial charge in [-0.1, -0.05) is 32.2 Å². The van der Waals surface area contributed by atoms with Crippen LogP contribution in [-0.2, 0) is 0 Å². The molecule has 5 nitrogen and oxygen atoms in total. The summed E-state index contributed by atoms with van der Waals surface area (Å²) in [5.41, 5.74) is 4.34. The number of thiol groups is 2. The van der Waals surface area contributed by atoms with E-state index in [-0.39, 0.29) is 5.24 Å². The molecule has 0 atom stereocenters. The minimum Gasteiger partial charge on any atom is -0.361 e. The van der Waals surface area contributed by atoms with Crippen LogP contribution in [0.5, 0.6) is 0 Å². The van der Waals surface area contributed by atoms with Gasteiger partial charge < -0.3 is 16.0 Å². The highest BCUT2D eigenvalue weighted by Gasteiger charge is 1.74. The summed E-state index contributed by atoms with van der Waals surface area (Å²) in [6.45, 7) is 3.26. The van der Waals surface area contributed by atoms with Crippen molar-refractivity contribution in [1.29, 1.82) is 0 Å². The van der Waals surface area contributed by atoms with Crippen molar-refractivity contribution in [2.75, 3.05) is 27.7 Å². The fourth-order valence-electron chi connectivity index (χ4n) is 0. The number of nitrogens with two attached hydrogens (primary N) is 1. The van der Waals surface area contributed by atoms with Gasteiger partial charge in [0.05, 0.1) is 0 Å². The van der Waals surface area contributed by atoms with Crippen molar-refractivity contribution < 1.29 is 9.59 Å². The van der Waals surface area contributed by atoms with Crippen molar-refractivity contribution in [2.45, 2.75) is 6.92 Å². The van der Waals surface area contributed by atoms with Gasteiger partial charge in [0, 0.05) is 7.05 Å². The van der Waals surface area contributed by atoms with Gasteiger partial charge >= 0.3 is 0 Å². The smallest absolute Gasteiger partial charge is 0.275 e. The summed E-state index contributed by atoms with van der Waals surface area (Å²) in [5.74, 6) is 0. The summed E-state index contributed by atoms with van der Waals surface area (Å²) >= 11 is 6.45. The lowest BCUT2D eigenvalue weighted by molar-refractivity contribution is 0.262. The maximum Gasteiger partial charge on any atom is 0.275 e. The molecule has 0 heterocycles. The van der Waals surface area contributed by atoms with Crippen molar-refractivity contribution >= 4 is 35.7 Å². The molecule has 0 unspecified atom stereocenters. The predicted molar refractivity (Wildman–Crippen MR) is 66.2 cm³/mol. The Morgan fingerprint density at radius 1 is 1.36 bits per heavy atom. The van der Waals surface area contributed by atoms with Crippen molar-refractivity contribution in [3.8, 4) is 0 Å². The number of nitrogens with zero attached hydrogens (tertiary/aromatic N) is 1. The number of carbonyl (C=O) groups is 2. The third-order valence-corrected chi connectivity index (χ3v) is 1.07. The van der Waals surface area contributed by atoms with E-state index in [1.54, 1.807) is 0 Å². The molecule has 2 amide bonds. The molecule has 0 rings (SSSR count). The molecule has 3 N–H and O–H groups in total. The first-order chi connectivity index (χ1) is 6.27. The first-order valence-corrected chi connectivity index (χ1v) is 4.71. The van der Waals surface area contributed by atoms with E-state index in [0.29, 0.717) is 0 Å². The van der Waals surface area contributed by atoms with Crippen LogP contribution in [0.15, 0.2) is 0 Å². The van der Waals surface area contributed by atoms with Gasteiger partial charge in [-0.05, 0) is 20.6 Å². The topological polar surface area (TPSA) is 75.4 Å². The van der Waals surface area contributed by atoms with Crippen molar-refractivity contribution in [3.63, 3.8) is 0 Å². The lowest BCUT2D eigenvalue weighted by Crippen LogP contribution is -2.08. The number of amides is 2. The summed E-state index contributed by atoms with van der Waals surface area (Å²) in [5, 5.41) is 1.31. The fraction of sp³-hybridized carbons (Fsp3) is 0.714. The van der Waals surface area contributed by atoms with Gasteiger partial charge in [-0.15, -0.1) is 0 Å². The Labute approximate surface area is 96.2 Å². The molecule has 0 radical (unpaired) electrons. The summed E-state index contributed by atoms with van der Waals surface area (Å²) < 4.78 is 0. The molecule has 14 heavy (non-hydrogen) atoms. The maximum absolute atomic E-state index is 9.57. The largest absolute Gasteiger partial charge is 0.361 e. The molecule has 0 aliphatic rings. The second-order valence-electron chi connectivity index (χ2n) is 2.29. The van der Waals surface area contributed by atoms with Crippen molar-refractivity contribution in [2.24, 2.45) is 5.73 Å². The Hall–Kier alpha value is -0.400. The second-order valence-corrected chi connectivity index (χ2v) is 3.14. The molecule has 0 aliphatic heterocycles. The van der Waals surface area contributed by atoms with Crippen LogP contribution in [0.3, 0.4) is 0 Å². The van der Waals surface area contributed by atoms with E-state index in [0.717, 1.165) is 6.54 Å². The number of hydrogen-bond donors (Lipinski definition) is 4. The zero-order chi connectivity index (χ0) is 12.1. The number of carbonyl (C=O) groups excluding carboxylic acids is 2. The van der Waals surface area contributed by atoms with Gasteiger partial charge in [0.1, 0.15) is 0 Å². The van der Waals surface area contributed by atoms with Crippen LogP contribution >= 0.6 is 25.3 Å². The fourth-order valence-corrected chi connectivity index (χ4v) is 0. The minimum atomic E-state index is -0.639. The van der Waals surface area contributed by atoms with Gasteiger partial charge in [0.25, 0.3) is 10.5 Å². The zero-order valence-electron chi connectivity index (χ0n) is 8.94. The predicted octanol–water partition coefficient (Wildman–Crippen LogP) is 0.818. The normalized spacial score (nSPS) is 7.64. The Morgan fingerprint density at radius 2 is 1.50 bits per heavy atom. The van der Waals surface area contributed by atoms with E-state index in [1.165, 1.54) is 7.05 Å². The molecule has 86 valence electrons. The monoisotopic (exact) mass is 241 g/mol. The average molecular weight is 241 g/mol. The lowest BCUT2D eigenvalue weighted by Gasteiger charge is -2.00. The quantitative estimate of drug-likeness (QED) is 0.513. The minimum absolute atomic E-state index is 0.301. The molecule has 0 saturated carbocycles. The molecule has 0 saturated heterocycles.